The van der Waals surface area contributed by atoms with Crippen molar-refractivity contribution in [1.82, 2.24) is 29.5 Å². The van der Waals surface area contributed by atoms with E-state index >= 15 is 0 Å². The maximum absolute atomic E-state index is 13.1. The van der Waals surface area contributed by atoms with E-state index in [0.717, 1.165) is 54.3 Å². The molecule has 0 radical (unpaired) electrons. The summed E-state index contributed by atoms with van der Waals surface area (Å²) in [4.78, 5) is 22.7. The van der Waals surface area contributed by atoms with E-state index in [1.54, 1.807) is 17.8 Å². The van der Waals surface area contributed by atoms with Gasteiger partial charge in [0.2, 0.25) is 0 Å². The van der Waals surface area contributed by atoms with Crippen LogP contribution in [0.1, 0.15) is 35.7 Å². The van der Waals surface area contributed by atoms with Crippen LogP contribution in [0.25, 0.3) is 28.3 Å². The summed E-state index contributed by atoms with van der Waals surface area (Å²) in [5.41, 5.74) is 3.58. The summed E-state index contributed by atoms with van der Waals surface area (Å²) in [6.45, 7) is 1.46. The van der Waals surface area contributed by atoms with Gasteiger partial charge in [-0.2, -0.15) is 9.61 Å². The van der Waals surface area contributed by atoms with Crippen LogP contribution in [0.5, 0.6) is 0 Å². The molecule has 6 rings (SSSR count). The number of pyridine rings is 1. The van der Waals surface area contributed by atoms with Crippen LogP contribution in [0, 0.1) is 0 Å². The van der Waals surface area contributed by atoms with Crippen molar-refractivity contribution in [2.24, 2.45) is 0 Å². The Morgan fingerprint density at radius 3 is 2.88 bits per heavy atom. The molecule has 5 heterocycles. The zero-order chi connectivity index (χ0) is 23.2. The number of nitrogens with zero attached hydrogens (tertiary/aromatic N) is 5. The van der Waals surface area contributed by atoms with Crippen molar-refractivity contribution in [2.45, 2.75) is 37.5 Å². The van der Waals surface area contributed by atoms with Gasteiger partial charge in [-0.15, -0.1) is 0 Å². The van der Waals surface area contributed by atoms with Crippen LogP contribution in [-0.2, 0) is 9.47 Å². The molecular weight excluding hydrogens is 434 g/mol. The fraction of sp³-hybridized carbons (Fsp3) is 0.417. The Hall–Kier alpha value is -3.50. The minimum absolute atomic E-state index is 0.0117. The molecule has 3 atom stereocenters. The summed E-state index contributed by atoms with van der Waals surface area (Å²) >= 11 is 0. The fourth-order valence-corrected chi connectivity index (χ4v) is 4.90. The number of aromatic nitrogens is 5. The van der Waals surface area contributed by atoms with Gasteiger partial charge in [0.1, 0.15) is 17.2 Å². The Morgan fingerprint density at radius 2 is 2.15 bits per heavy atom. The lowest BCUT2D eigenvalue weighted by atomic mass is 9.89. The van der Waals surface area contributed by atoms with Crippen LogP contribution in [0.3, 0.4) is 0 Å². The second-order valence-electron chi connectivity index (χ2n) is 8.84. The molecule has 1 saturated carbocycles. The Kier molecular flexibility index (Phi) is 5.19. The number of anilines is 1. The molecule has 0 bridgehead atoms. The molecule has 10 nitrogen and oxygen atoms in total. The van der Waals surface area contributed by atoms with Crippen LogP contribution in [0.15, 0.2) is 36.8 Å². The van der Waals surface area contributed by atoms with Crippen molar-refractivity contribution in [3.63, 3.8) is 0 Å². The first-order chi connectivity index (χ1) is 16.7. The lowest BCUT2D eigenvalue weighted by Gasteiger charge is -2.35. The highest BCUT2D eigenvalue weighted by atomic mass is 16.5. The number of rotatable bonds is 6. The molecule has 2 N–H and O–H groups in total. The zero-order valence-corrected chi connectivity index (χ0v) is 19.2. The number of ether oxygens (including phenoxy) is 2. The number of nitrogens with one attached hydrogen (secondary N) is 2. The zero-order valence-electron chi connectivity index (χ0n) is 19.2. The third-order valence-corrected chi connectivity index (χ3v) is 6.98. The average Bonchev–Trinajstić information content (AvgIpc) is 3.60. The Bertz CT molecular complexity index is 1320. The first kappa shape index (κ1) is 21.1. The van der Waals surface area contributed by atoms with Crippen molar-refractivity contribution >= 4 is 17.4 Å². The van der Waals surface area contributed by atoms with Gasteiger partial charge in [-0.25, -0.2) is 9.97 Å². The molecular formula is C24H27N7O3. The molecule has 1 amide bonds. The summed E-state index contributed by atoms with van der Waals surface area (Å²) in [7, 11) is 3.50. The minimum atomic E-state index is -0.196. The molecule has 3 aliphatic heterocycles. The normalized spacial score (nSPS) is 22.2. The molecule has 4 aliphatic rings. The molecule has 0 spiro atoms. The fourth-order valence-electron chi connectivity index (χ4n) is 4.90. The van der Waals surface area contributed by atoms with E-state index in [-0.39, 0.29) is 24.1 Å². The Balaban J connectivity index is 1.39. The minimum Gasteiger partial charge on any atom is -0.379 e. The summed E-state index contributed by atoms with van der Waals surface area (Å²) < 4.78 is 14.8. The van der Waals surface area contributed by atoms with Gasteiger partial charge in [-0.1, -0.05) is 0 Å². The summed E-state index contributed by atoms with van der Waals surface area (Å²) in [6, 6.07) is 6.31. The van der Waals surface area contributed by atoms with Crippen molar-refractivity contribution < 1.29 is 14.3 Å². The predicted octanol–water partition coefficient (Wildman–Crippen LogP) is 2.61. The van der Waals surface area contributed by atoms with Gasteiger partial charge in [0.25, 0.3) is 5.91 Å². The van der Waals surface area contributed by atoms with E-state index in [0.29, 0.717) is 17.8 Å². The number of hydrogen-bond acceptors (Lipinski definition) is 7. The third-order valence-electron chi connectivity index (χ3n) is 6.98. The second kappa shape index (κ2) is 8.37. The number of fused-ring (bicyclic) bond motifs is 2. The van der Waals surface area contributed by atoms with Gasteiger partial charge in [-0.3, -0.25) is 4.79 Å². The third kappa shape index (κ3) is 3.33. The summed E-state index contributed by atoms with van der Waals surface area (Å²) in [6.07, 6.45) is 8.36. The smallest absolute Gasteiger partial charge is 0.257 e. The summed E-state index contributed by atoms with van der Waals surface area (Å²) in [5.74, 6) is 1.44. The number of methoxy groups -OCH3 is 1. The molecule has 2 aromatic heterocycles. The molecule has 34 heavy (non-hydrogen) atoms. The molecule has 1 unspecified atom stereocenters. The lowest BCUT2D eigenvalue weighted by molar-refractivity contribution is 0.00732. The van der Waals surface area contributed by atoms with Crippen molar-refractivity contribution in [3.8, 4) is 22.6 Å². The molecule has 2 aromatic rings. The largest absolute Gasteiger partial charge is 0.379 e. The average molecular weight is 462 g/mol. The molecule has 176 valence electrons. The highest BCUT2D eigenvalue weighted by Crippen LogP contribution is 2.36. The van der Waals surface area contributed by atoms with Crippen LogP contribution in [0.4, 0.5) is 5.82 Å². The van der Waals surface area contributed by atoms with E-state index in [4.69, 9.17) is 19.4 Å². The molecule has 2 fully saturated rings. The monoisotopic (exact) mass is 461 g/mol. The first-order valence-corrected chi connectivity index (χ1v) is 11.6. The van der Waals surface area contributed by atoms with Gasteiger partial charge >= 0.3 is 0 Å². The van der Waals surface area contributed by atoms with Gasteiger partial charge in [0.05, 0.1) is 36.7 Å². The highest BCUT2D eigenvalue weighted by Gasteiger charge is 2.33. The quantitative estimate of drug-likeness (QED) is 0.454. The predicted molar refractivity (Wildman–Crippen MR) is 126 cm³/mol. The van der Waals surface area contributed by atoms with Crippen molar-refractivity contribution in [1.29, 1.82) is 0 Å². The van der Waals surface area contributed by atoms with Crippen LogP contribution in [0.2, 0.25) is 0 Å². The van der Waals surface area contributed by atoms with E-state index in [1.807, 2.05) is 25.4 Å². The summed E-state index contributed by atoms with van der Waals surface area (Å²) in [5, 5.41) is 10.7. The number of hydrogen-bond donors (Lipinski definition) is 2. The number of carbonyl (C=O) groups excluding carboxylic acids is 1. The second-order valence-corrected chi connectivity index (χ2v) is 8.84. The van der Waals surface area contributed by atoms with Gasteiger partial charge in [0.15, 0.2) is 5.65 Å². The molecule has 0 aromatic carbocycles. The standard InChI is InChI=1S/C24H27N7O3/c1-25-21-10-19(16-11-26-22-15(16)4-3-8-30(22)14-7-9-34-13-14)28-23-17(12-27-31(21)23)24(32)29-18-5-6-20(18)33-2/h3-4,8,10-12,14,18,20,25H,5-7,9,13H2,1-2H3,(H,29,32)/t14-,18?,20+/m0/s1. The van der Waals surface area contributed by atoms with E-state index in [9.17, 15) is 4.79 Å². The van der Waals surface area contributed by atoms with Gasteiger partial charge in [0, 0.05) is 50.4 Å². The first-order valence-electron chi connectivity index (χ1n) is 11.6. The number of amides is 1. The maximum Gasteiger partial charge on any atom is 0.257 e. The SMILES string of the molecule is CNc1cc(-c2cnc3n([C@H]4CCOC4)cccc2-3)nc2c(C(=O)NC3CC[C@H]3OC)cnn12. The van der Waals surface area contributed by atoms with Gasteiger partial charge < -0.3 is 24.7 Å². The Morgan fingerprint density at radius 1 is 1.24 bits per heavy atom. The highest BCUT2D eigenvalue weighted by molar-refractivity contribution is 6.00. The topological polar surface area (TPSA) is 108 Å². The van der Waals surface area contributed by atoms with Crippen molar-refractivity contribution in [2.75, 3.05) is 32.7 Å². The molecule has 10 heteroatoms. The van der Waals surface area contributed by atoms with Crippen LogP contribution >= 0.6 is 0 Å². The van der Waals surface area contributed by atoms with Crippen LogP contribution < -0.4 is 10.6 Å². The molecule has 1 saturated heterocycles. The van der Waals surface area contributed by atoms with Gasteiger partial charge in [-0.05, 0) is 31.4 Å². The van der Waals surface area contributed by atoms with E-state index < -0.39 is 0 Å². The maximum atomic E-state index is 13.1. The molecule has 1 aliphatic carbocycles. The lowest BCUT2D eigenvalue weighted by Crippen LogP contribution is -2.51. The van der Waals surface area contributed by atoms with Crippen LogP contribution in [-0.4, -0.2) is 69.6 Å². The Labute approximate surface area is 196 Å². The van der Waals surface area contributed by atoms with Crippen molar-refractivity contribution in [3.05, 3.63) is 42.4 Å². The van der Waals surface area contributed by atoms with E-state index in [2.05, 4.69) is 32.6 Å². The van der Waals surface area contributed by atoms with E-state index in [1.165, 1.54) is 0 Å². The number of carbonyl (C=O) groups is 1.